The van der Waals surface area contributed by atoms with Gasteiger partial charge in [-0.05, 0) is 25.8 Å². The van der Waals surface area contributed by atoms with Gasteiger partial charge in [-0.15, -0.1) is 0 Å². The lowest BCUT2D eigenvalue weighted by Gasteiger charge is -2.34. The molecule has 5 nitrogen and oxygen atoms in total. The fraction of sp³-hybridized carbons (Fsp3) is 0.562. The number of carbonyl (C=O) groups is 1. The molecule has 116 valence electrons. The number of ether oxygens (including phenoxy) is 1. The summed E-state index contributed by atoms with van der Waals surface area (Å²) in [5, 5.41) is 10.2. The van der Waals surface area contributed by atoms with E-state index in [0.717, 1.165) is 18.4 Å². The van der Waals surface area contributed by atoms with Crippen LogP contribution in [0.3, 0.4) is 0 Å². The minimum absolute atomic E-state index is 0.0634. The molecule has 1 saturated carbocycles. The van der Waals surface area contributed by atoms with Gasteiger partial charge in [-0.1, -0.05) is 18.9 Å². The van der Waals surface area contributed by atoms with E-state index in [1.54, 1.807) is 13.2 Å². The number of amides is 1. The monoisotopic (exact) mass is 292 g/mol. The number of phenolic OH excluding ortho intramolecular Hbond substituents is 1. The van der Waals surface area contributed by atoms with E-state index < -0.39 is 0 Å². The Kier molecular flexibility index (Phi) is 5.07. The average Bonchev–Trinajstić information content (AvgIpc) is 2.97. The van der Waals surface area contributed by atoms with Gasteiger partial charge in [-0.25, -0.2) is 0 Å². The second-order valence-electron chi connectivity index (χ2n) is 5.68. The molecule has 1 atom stereocenters. The molecular formula is C16H24N2O3. The Balaban J connectivity index is 2.24. The van der Waals surface area contributed by atoms with Crippen molar-refractivity contribution in [3.63, 3.8) is 0 Å². The molecule has 0 radical (unpaired) electrons. The summed E-state index contributed by atoms with van der Waals surface area (Å²) in [4.78, 5) is 13.5. The highest BCUT2D eigenvalue weighted by Gasteiger charge is 2.29. The molecule has 1 amide bonds. The smallest absolute Gasteiger partial charge is 0.231 e. The third-order valence-corrected chi connectivity index (χ3v) is 4.32. The zero-order valence-electron chi connectivity index (χ0n) is 12.7. The minimum Gasteiger partial charge on any atom is -0.507 e. The normalized spacial score (nSPS) is 17.1. The number of hydrogen-bond acceptors (Lipinski definition) is 4. The third kappa shape index (κ3) is 3.67. The number of nitrogens with two attached hydrogens (primary N) is 1. The quantitative estimate of drug-likeness (QED) is 0.842. The molecule has 5 heteroatoms. The zero-order chi connectivity index (χ0) is 15.4. The van der Waals surface area contributed by atoms with Gasteiger partial charge in [-0.3, -0.25) is 9.69 Å². The van der Waals surface area contributed by atoms with Crippen molar-refractivity contribution in [3.8, 4) is 11.5 Å². The molecule has 1 aliphatic carbocycles. The van der Waals surface area contributed by atoms with Crippen LogP contribution < -0.4 is 10.5 Å². The molecule has 0 saturated heterocycles. The van der Waals surface area contributed by atoms with Gasteiger partial charge in [0.2, 0.25) is 5.91 Å². The first-order valence-corrected chi connectivity index (χ1v) is 7.44. The van der Waals surface area contributed by atoms with Gasteiger partial charge in [0.05, 0.1) is 13.7 Å². The molecule has 0 bridgehead atoms. The number of nitrogens with zero attached hydrogens (tertiary/aromatic N) is 1. The number of carbonyl (C=O) groups excluding carboxylic acids is 1. The van der Waals surface area contributed by atoms with Crippen molar-refractivity contribution in [1.82, 2.24) is 4.90 Å². The van der Waals surface area contributed by atoms with E-state index in [1.807, 2.05) is 19.1 Å². The maximum atomic E-state index is 11.4. The van der Waals surface area contributed by atoms with Gasteiger partial charge in [0.15, 0.2) is 0 Å². The maximum Gasteiger partial charge on any atom is 0.231 e. The predicted molar refractivity (Wildman–Crippen MR) is 81.2 cm³/mol. The van der Waals surface area contributed by atoms with Gasteiger partial charge in [-0.2, -0.15) is 0 Å². The van der Waals surface area contributed by atoms with Crippen molar-refractivity contribution < 1.29 is 14.6 Å². The number of phenols is 1. The summed E-state index contributed by atoms with van der Waals surface area (Å²) < 4.78 is 5.11. The van der Waals surface area contributed by atoms with Crippen molar-refractivity contribution in [2.45, 2.75) is 44.7 Å². The van der Waals surface area contributed by atoms with Crippen molar-refractivity contribution in [3.05, 3.63) is 23.8 Å². The van der Waals surface area contributed by atoms with Crippen LogP contribution in [0.15, 0.2) is 18.2 Å². The molecule has 0 aliphatic heterocycles. The molecule has 2 rings (SSSR count). The number of rotatable bonds is 6. The van der Waals surface area contributed by atoms with E-state index in [9.17, 15) is 9.90 Å². The van der Waals surface area contributed by atoms with Crippen LogP contribution in [0.2, 0.25) is 0 Å². The van der Waals surface area contributed by atoms with E-state index in [-0.39, 0.29) is 24.2 Å². The lowest BCUT2D eigenvalue weighted by atomic mass is 10.0. The molecule has 1 aromatic rings. The summed E-state index contributed by atoms with van der Waals surface area (Å²) >= 11 is 0. The lowest BCUT2D eigenvalue weighted by molar-refractivity contribution is -0.120. The number of aromatic hydroxyl groups is 1. The molecule has 1 aliphatic rings. The van der Waals surface area contributed by atoms with Crippen molar-refractivity contribution in [2.75, 3.05) is 13.7 Å². The molecule has 0 spiro atoms. The second-order valence-corrected chi connectivity index (χ2v) is 5.68. The number of primary amides is 1. The fourth-order valence-electron chi connectivity index (χ4n) is 3.18. The maximum absolute atomic E-state index is 11.4. The van der Waals surface area contributed by atoms with Crippen molar-refractivity contribution in [2.24, 2.45) is 5.73 Å². The fourth-order valence-corrected chi connectivity index (χ4v) is 3.18. The van der Waals surface area contributed by atoms with Gasteiger partial charge in [0.25, 0.3) is 0 Å². The van der Waals surface area contributed by atoms with E-state index >= 15 is 0 Å². The van der Waals surface area contributed by atoms with E-state index in [0.29, 0.717) is 11.8 Å². The van der Waals surface area contributed by atoms with Crippen molar-refractivity contribution >= 4 is 5.91 Å². The van der Waals surface area contributed by atoms with Crippen LogP contribution in [-0.2, 0) is 4.79 Å². The van der Waals surface area contributed by atoms with Gasteiger partial charge >= 0.3 is 0 Å². The van der Waals surface area contributed by atoms with E-state index in [4.69, 9.17) is 10.5 Å². The molecule has 0 aromatic heterocycles. The minimum atomic E-state index is -0.332. The first-order valence-electron chi connectivity index (χ1n) is 7.44. The Morgan fingerprint density at radius 3 is 2.67 bits per heavy atom. The van der Waals surface area contributed by atoms with Crippen LogP contribution in [0.4, 0.5) is 0 Å². The predicted octanol–water partition coefficient (Wildman–Crippen LogP) is 2.19. The molecule has 1 aromatic carbocycles. The van der Waals surface area contributed by atoms with Gasteiger partial charge in [0.1, 0.15) is 11.5 Å². The SMILES string of the molecule is COc1ccc(C(C)N(CC(N)=O)C2CCCC2)c(O)c1. The summed E-state index contributed by atoms with van der Waals surface area (Å²) in [5.41, 5.74) is 6.19. The van der Waals surface area contributed by atoms with Crippen LogP contribution in [0, 0.1) is 0 Å². The highest BCUT2D eigenvalue weighted by Crippen LogP contribution is 2.35. The van der Waals surface area contributed by atoms with E-state index in [1.165, 1.54) is 12.8 Å². The molecule has 3 N–H and O–H groups in total. The second kappa shape index (κ2) is 6.80. The summed E-state index contributed by atoms with van der Waals surface area (Å²) in [7, 11) is 1.57. The lowest BCUT2D eigenvalue weighted by Crippen LogP contribution is -2.41. The van der Waals surface area contributed by atoms with Crippen LogP contribution in [0.1, 0.15) is 44.2 Å². The standard InChI is InChI=1S/C16H24N2O3/c1-11(14-8-7-13(21-2)9-15(14)19)18(10-16(17)20)12-5-3-4-6-12/h7-9,11-12,19H,3-6,10H2,1-2H3,(H2,17,20). The number of hydrogen-bond donors (Lipinski definition) is 2. The van der Waals surface area contributed by atoms with Crippen LogP contribution in [0.25, 0.3) is 0 Å². The molecule has 21 heavy (non-hydrogen) atoms. The van der Waals surface area contributed by atoms with Crippen LogP contribution in [0.5, 0.6) is 11.5 Å². The van der Waals surface area contributed by atoms with E-state index in [2.05, 4.69) is 4.90 Å². The van der Waals surface area contributed by atoms with Crippen molar-refractivity contribution in [1.29, 1.82) is 0 Å². The molecule has 1 fully saturated rings. The Morgan fingerprint density at radius 2 is 2.14 bits per heavy atom. The Morgan fingerprint density at radius 1 is 1.48 bits per heavy atom. The summed E-state index contributed by atoms with van der Waals surface area (Å²) in [6.45, 7) is 2.22. The summed E-state index contributed by atoms with van der Waals surface area (Å²) in [5.74, 6) is 0.474. The topological polar surface area (TPSA) is 75.8 Å². The first-order chi connectivity index (χ1) is 10.0. The Labute approximate surface area is 125 Å². The highest BCUT2D eigenvalue weighted by atomic mass is 16.5. The largest absolute Gasteiger partial charge is 0.507 e. The van der Waals surface area contributed by atoms with Crippen LogP contribution in [-0.4, -0.2) is 35.6 Å². The summed E-state index contributed by atoms with van der Waals surface area (Å²) in [6.07, 6.45) is 4.52. The van der Waals surface area contributed by atoms with Gasteiger partial charge < -0.3 is 15.6 Å². The summed E-state index contributed by atoms with van der Waals surface area (Å²) in [6, 6.07) is 5.56. The highest BCUT2D eigenvalue weighted by molar-refractivity contribution is 5.76. The molecular weight excluding hydrogens is 268 g/mol. The Hall–Kier alpha value is -1.75. The first kappa shape index (κ1) is 15.6. The zero-order valence-corrected chi connectivity index (χ0v) is 12.7. The number of benzene rings is 1. The molecule has 1 unspecified atom stereocenters. The number of methoxy groups -OCH3 is 1. The third-order valence-electron chi connectivity index (χ3n) is 4.32. The Bertz CT molecular complexity index is 498. The molecule has 0 heterocycles. The average molecular weight is 292 g/mol. The van der Waals surface area contributed by atoms with Gasteiger partial charge in [0, 0.05) is 23.7 Å². The van der Waals surface area contributed by atoms with Crippen LogP contribution >= 0.6 is 0 Å².